The standard InChI is InChI=1S/C20H22NO4PS/c1-3-24-26(23,25-4-2)19-17(13-9-6-5-7-10-13)21-20-16(18(19)22)14-11-8-12-15(14)27-20/h5-7,9-10,19H,3-4,8,11-12H2,1-2H3. The van der Waals surface area contributed by atoms with Crippen LogP contribution in [0.1, 0.15) is 46.6 Å². The van der Waals surface area contributed by atoms with Gasteiger partial charge < -0.3 is 9.05 Å². The van der Waals surface area contributed by atoms with Crippen molar-refractivity contribution in [2.75, 3.05) is 13.2 Å². The Balaban J connectivity index is 1.92. The van der Waals surface area contributed by atoms with Crippen LogP contribution in [-0.2, 0) is 26.5 Å². The molecule has 1 aromatic heterocycles. The molecule has 2 aromatic rings. The summed E-state index contributed by atoms with van der Waals surface area (Å²) in [6.07, 6.45) is 2.91. The first kappa shape index (κ1) is 18.8. The van der Waals surface area contributed by atoms with Crippen LogP contribution in [-0.4, -0.2) is 30.4 Å². The molecule has 5 nitrogen and oxygen atoms in total. The first-order valence-corrected chi connectivity index (χ1v) is 11.7. The predicted molar refractivity (Wildman–Crippen MR) is 108 cm³/mol. The van der Waals surface area contributed by atoms with E-state index >= 15 is 0 Å². The molecule has 0 amide bonds. The van der Waals surface area contributed by atoms with E-state index in [4.69, 9.17) is 14.0 Å². The van der Waals surface area contributed by atoms with Crippen molar-refractivity contribution in [2.45, 2.75) is 38.8 Å². The molecule has 1 atom stereocenters. The van der Waals surface area contributed by atoms with Gasteiger partial charge in [-0.15, -0.1) is 11.3 Å². The second-order valence-electron chi connectivity index (χ2n) is 6.54. The van der Waals surface area contributed by atoms with Crippen LogP contribution in [0.2, 0.25) is 0 Å². The van der Waals surface area contributed by atoms with Gasteiger partial charge >= 0.3 is 7.60 Å². The average molecular weight is 403 g/mol. The zero-order valence-corrected chi connectivity index (χ0v) is 17.1. The van der Waals surface area contributed by atoms with Crippen molar-refractivity contribution >= 4 is 35.4 Å². The number of fused-ring (bicyclic) bond motifs is 3. The van der Waals surface area contributed by atoms with Gasteiger partial charge in [-0.2, -0.15) is 0 Å². The molecule has 1 aliphatic heterocycles. The van der Waals surface area contributed by atoms with E-state index in [0.29, 0.717) is 11.3 Å². The van der Waals surface area contributed by atoms with E-state index in [9.17, 15) is 9.36 Å². The van der Waals surface area contributed by atoms with Gasteiger partial charge in [-0.3, -0.25) is 9.36 Å². The highest BCUT2D eigenvalue weighted by Crippen LogP contribution is 2.58. The van der Waals surface area contributed by atoms with Gasteiger partial charge in [0.25, 0.3) is 0 Å². The summed E-state index contributed by atoms with van der Waals surface area (Å²) in [6.45, 7) is 3.92. The fraction of sp³-hybridized carbons (Fsp3) is 0.400. The second kappa shape index (κ2) is 7.44. The molecule has 142 valence electrons. The molecule has 0 spiro atoms. The minimum Gasteiger partial charge on any atom is -0.308 e. The average Bonchev–Trinajstić information content (AvgIpc) is 3.23. The quantitative estimate of drug-likeness (QED) is 0.623. The van der Waals surface area contributed by atoms with Gasteiger partial charge in [0, 0.05) is 4.88 Å². The van der Waals surface area contributed by atoms with Crippen LogP contribution in [0.25, 0.3) is 0 Å². The topological polar surface area (TPSA) is 65.0 Å². The predicted octanol–water partition coefficient (Wildman–Crippen LogP) is 5.19. The number of carbonyl (C=O) groups excluding carboxylic acids is 1. The Bertz CT molecular complexity index is 940. The van der Waals surface area contributed by atoms with Gasteiger partial charge in [0.05, 0.1) is 24.5 Å². The number of rotatable bonds is 6. The van der Waals surface area contributed by atoms with Crippen LogP contribution in [0.3, 0.4) is 0 Å². The lowest BCUT2D eigenvalue weighted by molar-refractivity contribution is 0.0987. The number of ketones is 1. The van der Waals surface area contributed by atoms with Gasteiger partial charge in [-0.25, -0.2) is 4.99 Å². The molecule has 4 rings (SSSR count). The molecule has 2 aliphatic rings. The Kier molecular flexibility index (Phi) is 5.17. The molecule has 0 bridgehead atoms. The van der Waals surface area contributed by atoms with E-state index in [0.717, 1.165) is 35.4 Å². The van der Waals surface area contributed by atoms with Crippen LogP contribution in [0, 0.1) is 0 Å². The van der Waals surface area contributed by atoms with Crippen LogP contribution >= 0.6 is 18.9 Å². The highest BCUT2D eigenvalue weighted by Gasteiger charge is 2.49. The third kappa shape index (κ3) is 3.15. The van der Waals surface area contributed by atoms with Gasteiger partial charge in [0.1, 0.15) is 5.00 Å². The molecule has 1 aromatic carbocycles. The van der Waals surface area contributed by atoms with Crippen molar-refractivity contribution in [3.05, 3.63) is 51.9 Å². The molecule has 7 heteroatoms. The summed E-state index contributed by atoms with van der Waals surface area (Å²) < 4.78 is 24.8. The van der Waals surface area contributed by atoms with Crippen molar-refractivity contribution in [3.63, 3.8) is 0 Å². The van der Waals surface area contributed by atoms with Crippen LogP contribution in [0.5, 0.6) is 0 Å². The number of Topliss-reactive ketones (excluding diaryl/α,β-unsaturated/α-hetero) is 1. The first-order valence-electron chi connectivity index (χ1n) is 9.30. The molecule has 27 heavy (non-hydrogen) atoms. The van der Waals surface area contributed by atoms with Gasteiger partial charge in [0.2, 0.25) is 0 Å². The molecule has 0 saturated heterocycles. The van der Waals surface area contributed by atoms with Crippen molar-refractivity contribution < 1.29 is 18.4 Å². The summed E-state index contributed by atoms with van der Waals surface area (Å²) >= 11 is 1.59. The van der Waals surface area contributed by atoms with Crippen LogP contribution in [0.4, 0.5) is 5.00 Å². The highest BCUT2D eigenvalue weighted by molar-refractivity contribution is 7.57. The van der Waals surface area contributed by atoms with E-state index in [2.05, 4.69) is 0 Å². The smallest absolute Gasteiger partial charge is 0.308 e. The van der Waals surface area contributed by atoms with E-state index < -0.39 is 13.3 Å². The third-order valence-electron chi connectivity index (χ3n) is 4.88. The monoisotopic (exact) mass is 403 g/mol. The summed E-state index contributed by atoms with van der Waals surface area (Å²) in [4.78, 5) is 19.7. The van der Waals surface area contributed by atoms with E-state index in [1.165, 1.54) is 4.88 Å². The Hall–Kier alpha value is -1.59. The Labute approximate surface area is 163 Å². The van der Waals surface area contributed by atoms with E-state index in [1.807, 2.05) is 30.3 Å². The molecule has 0 saturated carbocycles. The summed E-state index contributed by atoms with van der Waals surface area (Å²) in [5, 5.41) is 0.736. The van der Waals surface area contributed by atoms with Crippen molar-refractivity contribution in [2.24, 2.45) is 4.99 Å². The number of aryl methyl sites for hydroxylation is 1. The third-order valence-corrected chi connectivity index (χ3v) is 8.42. The maximum atomic E-state index is 13.7. The molecular formula is C20H22NO4PS. The zero-order valence-electron chi connectivity index (χ0n) is 15.4. The lowest BCUT2D eigenvalue weighted by atomic mass is 9.95. The lowest BCUT2D eigenvalue weighted by Crippen LogP contribution is -2.35. The maximum absolute atomic E-state index is 13.7. The highest BCUT2D eigenvalue weighted by atomic mass is 32.1. The second-order valence-corrected chi connectivity index (χ2v) is 9.74. The summed E-state index contributed by atoms with van der Waals surface area (Å²) in [6, 6.07) is 9.44. The molecule has 0 N–H and O–H groups in total. The summed E-state index contributed by atoms with van der Waals surface area (Å²) in [7, 11) is -3.70. The molecule has 2 heterocycles. The number of carbonyl (C=O) groups is 1. The molecule has 0 radical (unpaired) electrons. The Morgan fingerprint density at radius 3 is 2.52 bits per heavy atom. The lowest BCUT2D eigenvalue weighted by Gasteiger charge is -2.29. The van der Waals surface area contributed by atoms with Crippen molar-refractivity contribution in [1.82, 2.24) is 0 Å². The molecule has 0 fully saturated rings. The largest absolute Gasteiger partial charge is 0.347 e. The van der Waals surface area contributed by atoms with Gasteiger partial charge in [-0.05, 0) is 44.2 Å². The number of hydrogen-bond acceptors (Lipinski definition) is 6. The Morgan fingerprint density at radius 2 is 1.85 bits per heavy atom. The van der Waals surface area contributed by atoms with Gasteiger partial charge in [-0.1, -0.05) is 30.3 Å². The summed E-state index contributed by atoms with van der Waals surface area (Å²) in [5.74, 6) is -0.177. The van der Waals surface area contributed by atoms with Crippen molar-refractivity contribution in [1.29, 1.82) is 0 Å². The number of nitrogens with zero attached hydrogens (tertiary/aromatic N) is 1. The SMILES string of the molecule is CCOP(=O)(OCC)C1C(=O)c2c(sc3c2CCC3)N=C1c1ccccc1. The minimum absolute atomic E-state index is 0.177. The normalized spacial score (nSPS) is 19.0. The Morgan fingerprint density at radius 1 is 1.15 bits per heavy atom. The van der Waals surface area contributed by atoms with E-state index in [-0.39, 0.29) is 19.0 Å². The van der Waals surface area contributed by atoms with Crippen molar-refractivity contribution in [3.8, 4) is 0 Å². The molecule has 1 aliphatic carbocycles. The molecule has 1 unspecified atom stereocenters. The number of hydrogen-bond donors (Lipinski definition) is 0. The summed E-state index contributed by atoms with van der Waals surface area (Å²) in [5.41, 5.74) is 1.96. The van der Waals surface area contributed by atoms with E-state index in [1.54, 1.807) is 25.2 Å². The minimum atomic E-state index is -3.70. The number of benzene rings is 1. The van der Waals surface area contributed by atoms with Crippen LogP contribution in [0.15, 0.2) is 35.3 Å². The maximum Gasteiger partial charge on any atom is 0.347 e. The number of thiophene rings is 1. The fourth-order valence-corrected chi connectivity index (χ4v) is 7.12. The zero-order chi connectivity index (χ0) is 19.0. The first-order chi connectivity index (χ1) is 13.1. The van der Waals surface area contributed by atoms with Gasteiger partial charge in [0.15, 0.2) is 11.4 Å². The fourth-order valence-electron chi connectivity index (χ4n) is 3.83. The van der Waals surface area contributed by atoms with Crippen LogP contribution < -0.4 is 0 Å². The number of aliphatic imine (C=N–C) groups is 1. The molecular weight excluding hydrogens is 381 g/mol.